The minimum Gasteiger partial charge on any atom is -0.388 e. The van der Waals surface area contributed by atoms with Crippen LogP contribution in [-0.4, -0.2) is 21.8 Å². The van der Waals surface area contributed by atoms with Crippen molar-refractivity contribution in [2.75, 3.05) is 13.2 Å². The van der Waals surface area contributed by atoms with Crippen molar-refractivity contribution in [3.8, 4) is 44.5 Å². The summed E-state index contributed by atoms with van der Waals surface area (Å²) in [5, 5.41) is 8.06. The molecule has 0 amide bonds. The highest BCUT2D eigenvalue weighted by molar-refractivity contribution is 6.94. The highest BCUT2D eigenvalue weighted by Gasteiger charge is 2.47. The van der Waals surface area contributed by atoms with E-state index >= 15 is 0 Å². The maximum Gasteiger partial charge on any atom is 0.408 e. The molecule has 0 aliphatic heterocycles. The van der Waals surface area contributed by atoms with Crippen molar-refractivity contribution in [3.05, 3.63) is 156 Å². The third-order valence-corrected chi connectivity index (χ3v) is 13.9. The average Bonchev–Trinajstić information content (AvgIpc) is 3.61. The fourth-order valence-corrected chi connectivity index (χ4v) is 11.6. The molecule has 5 heteroatoms. The van der Waals surface area contributed by atoms with Crippen molar-refractivity contribution in [2.45, 2.75) is 13.8 Å². The molecule has 0 bridgehead atoms. The predicted octanol–water partition coefficient (Wildman–Crippen LogP) is 11.5. The van der Waals surface area contributed by atoms with E-state index < -0.39 is 8.56 Å². The van der Waals surface area contributed by atoms with Crippen LogP contribution in [0.15, 0.2) is 146 Å². The minimum absolute atomic E-state index is 0.521. The van der Waals surface area contributed by atoms with Gasteiger partial charge in [0, 0.05) is 44.4 Å². The van der Waals surface area contributed by atoms with E-state index in [0.717, 1.165) is 86.5 Å². The number of rotatable bonds is 8. The molecule has 240 valence electrons. The van der Waals surface area contributed by atoms with Crippen molar-refractivity contribution in [1.29, 1.82) is 0 Å². The number of halogens is 2. The summed E-state index contributed by atoms with van der Waals surface area (Å²) in [4.78, 5) is 0. The first-order valence-electron chi connectivity index (χ1n) is 16.7. The van der Waals surface area contributed by atoms with Crippen LogP contribution in [0.25, 0.3) is 66.1 Å². The van der Waals surface area contributed by atoms with Gasteiger partial charge in [-0.15, -0.1) is 0 Å². The Labute approximate surface area is 298 Å². The Kier molecular flexibility index (Phi) is 8.49. The van der Waals surface area contributed by atoms with Crippen molar-refractivity contribution in [2.24, 2.45) is 0 Å². The van der Waals surface area contributed by atoms with E-state index in [4.69, 9.17) is 32.1 Å². The molecule has 0 saturated heterocycles. The number of hydrogen-bond acceptors (Lipinski definition) is 2. The molecule has 4 aliphatic carbocycles. The highest BCUT2D eigenvalue weighted by atomic mass is 35.5. The molecule has 4 aliphatic rings. The van der Waals surface area contributed by atoms with Crippen molar-refractivity contribution >= 4 is 63.7 Å². The van der Waals surface area contributed by atoms with E-state index in [0.29, 0.717) is 13.2 Å². The minimum atomic E-state index is -3.26. The molecule has 0 saturated carbocycles. The molecule has 4 aromatic carbocycles. The monoisotopic (exact) mass is 692 g/mol. The smallest absolute Gasteiger partial charge is 0.388 e. The number of fused-ring (bicyclic) bond motifs is 4. The number of benzene rings is 4. The lowest BCUT2D eigenvalue weighted by molar-refractivity contribution is 0.209. The molecule has 2 nitrogen and oxygen atoms in total. The van der Waals surface area contributed by atoms with Gasteiger partial charge in [0.05, 0.1) is 0 Å². The molecule has 0 spiro atoms. The number of hydrogen-bond donors (Lipinski definition) is 0. The van der Waals surface area contributed by atoms with Crippen LogP contribution in [0.5, 0.6) is 0 Å². The summed E-state index contributed by atoms with van der Waals surface area (Å²) >= 11 is 13.3. The van der Waals surface area contributed by atoms with E-state index in [-0.39, 0.29) is 0 Å². The van der Waals surface area contributed by atoms with Gasteiger partial charge < -0.3 is 8.85 Å². The molecular weight excluding hydrogens is 659 g/mol. The highest BCUT2D eigenvalue weighted by Crippen LogP contribution is 2.42. The van der Waals surface area contributed by atoms with Gasteiger partial charge in [0.15, 0.2) is 0 Å². The van der Waals surface area contributed by atoms with E-state index in [9.17, 15) is 0 Å². The normalized spacial score (nSPS) is 12.0. The summed E-state index contributed by atoms with van der Waals surface area (Å²) in [5.74, 6) is 0. The Morgan fingerprint density at radius 1 is 0.367 bits per heavy atom. The zero-order valence-corrected chi connectivity index (χ0v) is 29.9. The summed E-state index contributed by atoms with van der Waals surface area (Å²) in [7, 11) is -3.26. The zero-order chi connectivity index (χ0) is 33.5. The van der Waals surface area contributed by atoms with Gasteiger partial charge in [0.1, 0.15) is 0 Å². The Bertz CT molecular complexity index is 2250. The fourth-order valence-electron chi connectivity index (χ4n) is 7.54. The molecule has 0 heterocycles. The van der Waals surface area contributed by atoms with Gasteiger partial charge in [-0.2, -0.15) is 0 Å². The molecule has 4 aromatic rings. The van der Waals surface area contributed by atoms with E-state index in [1.54, 1.807) is 0 Å². The van der Waals surface area contributed by atoms with Gasteiger partial charge in [-0.25, -0.2) is 0 Å². The predicted molar refractivity (Wildman–Crippen MR) is 210 cm³/mol. The molecule has 0 atom stereocenters. The Hall–Kier alpha value is -4.48. The third-order valence-electron chi connectivity index (χ3n) is 9.57. The van der Waals surface area contributed by atoms with E-state index in [2.05, 4.69) is 135 Å². The summed E-state index contributed by atoms with van der Waals surface area (Å²) in [5.41, 5.74) is 9.14. The van der Waals surface area contributed by atoms with Crippen LogP contribution in [0.4, 0.5) is 0 Å². The van der Waals surface area contributed by atoms with Gasteiger partial charge in [0.25, 0.3) is 0 Å². The van der Waals surface area contributed by atoms with Crippen LogP contribution in [0.3, 0.4) is 0 Å². The molecule has 49 heavy (non-hydrogen) atoms. The summed E-state index contributed by atoms with van der Waals surface area (Å²) in [6, 6.07) is 51.2. The molecule has 0 fully saturated rings. The molecule has 0 unspecified atom stereocenters. The standard InChI is InChI=1S/C44H34Cl2O2Si/c1-3-47-49(48-4-2,43-27-23-35-29(13-7-11-19-39(35)43)33-21-25-41(45)37-17-9-5-15-31(33)37)44-28-24-36-30(14-8-12-20-40(36)44)34-22-26-42(46)38-18-10-6-16-32(34)38/h5-28H,3-4H2,1-2H3. The van der Waals surface area contributed by atoms with Crippen molar-refractivity contribution < 1.29 is 8.85 Å². The van der Waals surface area contributed by atoms with Crippen LogP contribution in [0, 0.1) is 0 Å². The van der Waals surface area contributed by atoms with Crippen molar-refractivity contribution in [3.63, 3.8) is 0 Å². The van der Waals surface area contributed by atoms with E-state index in [1.165, 1.54) is 0 Å². The first-order chi connectivity index (χ1) is 24.1. The van der Waals surface area contributed by atoms with E-state index in [1.807, 2.05) is 24.3 Å². The third kappa shape index (κ3) is 5.25. The van der Waals surface area contributed by atoms with Crippen LogP contribution < -0.4 is 10.4 Å². The Morgan fingerprint density at radius 2 is 0.694 bits per heavy atom. The zero-order valence-electron chi connectivity index (χ0n) is 27.3. The van der Waals surface area contributed by atoms with Crippen molar-refractivity contribution in [1.82, 2.24) is 0 Å². The molecule has 0 radical (unpaired) electrons. The Balaban J connectivity index is 1.33. The lowest BCUT2D eigenvalue weighted by atomic mass is 9.95. The van der Waals surface area contributed by atoms with Gasteiger partial charge >= 0.3 is 8.56 Å². The quantitative estimate of drug-likeness (QED) is 0.148. The summed E-state index contributed by atoms with van der Waals surface area (Å²) in [6.07, 6.45) is 0. The lowest BCUT2D eigenvalue weighted by Gasteiger charge is -2.31. The van der Waals surface area contributed by atoms with Gasteiger partial charge in [-0.1, -0.05) is 157 Å². The topological polar surface area (TPSA) is 18.5 Å². The second-order valence-corrected chi connectivity index (χ2v) is 15.9. The largest absolute Gasteiger partial charge is 0.408 e. The van der Waals surface area contributed by atoms with Crippen LogP contribution in [0.2, 0.25) is 10.0 Å². The second kappa shape index (κ2) is 13.1. The summed E-state index contributed by atoms with van der Waals surface area (Å²) < 4.78 is 14.0. The van der Waals surface area contributed by atoms with Crippen LogP contribution in [-0.2, 0) is 8.85 Å². The molecule has 8 rings (SSSR count). The average molecular weight is 694 g/mol. The molecular formula is C44H34Cl2O2Si. The van der Waals surface area contributed by atoms with Gasteiger partial charge in [-0.05, 0) is 81.3 Å². The maximum atomic E-state index is 6.98. The van der Waals surface area contributed by atoms with Gasteiger partial charge in [-0.3, -0.25) is 0 Å². The maximum absolute atomic E-state index is 6.98. The SMILES string of the molecule is CCO[Si](OCC)(c1ccc2c(-c3ccc(Cl)c4ccccc34)ccccc1-2)c1ccc2c(-c3ccc(Cl)c4ccccc34)ccccc1-2. The summed E-state index contributed by atoms with van der Waals surface area (Å²) in [6.45, 7) is 5.17. The molecule has 0 aromatic heterocycles. The Morgan fingerprint density at radius 3 is 1.10 bits per heavy atom. The fraction of sp³-hybridized carbons (Fsp3) is 0.0909. The lowest BCUT2D eigenvalue weighted by Crippen LogP contribution is -2.63. The second-order valence-electron chi connectivity index (χ2n) is 12.2. The van der Waals surface area contributed by atoms with Crippen LogP contribution >= 0.6 is 23.2 Å². The van der Waals surface area contributed by atoms with Gasteiger partial charge in [0.2, 0.25) is 0 Å². The molecule has 0 N–H and O–H groups in total. The van der Waals surface area contributed by atoms with Crippen LogP contribution in [0.1, 0.15) is 13.8 Å². The first-order valence-corrected chi connectivity index (χ1v) is 19.3. The first kappa shape index (κ1) is 31.8.